The summed E-state index contributed by atoms with van der Waals surface area (Å²) in [6, 6.07) is 0. The predicted molar refractivity (Wildman–Crippen MR) is 86.6 cm³/mol. The number of ether oxygens (including phenoxy) is 1. The van der Waals surface area contributed by atoms with Gasteiger partial charge in [-0.15, -0.1) is 0 Å². The quantitative estimate of drug-likeness (QED) is 0.513. The van der Waals surface area contributed by atoms with Crippen molar-refractivity contribution in [1.29, 1.82) is 0 Å². The van der Waals surface area contributed by atoms with Gasteiger partial charge in [-0.3, -0.25) is 14.4 Å². The molecule has 1 aromatic rings. The number of ketones is 2. The van der Waals surface area contributed by atoms with E-state index in [1.54, 1.807) is 20.8 Å². The lowest BCUT2D eigenvalue weighted by Crippen LogP contribution is -2.29. The molecule has 0 aromatic carbocycles. The fourth-order valence-corrected chi connectivity index (χ4v) is 3.06. The molecule has 0 amide bonds. The van der Waals surface area contributed by atoms with Crippen LogP contribution in [0.25, 0.3) is 0 Å². The second kappa shape index (κ2) is 6.94. The first kappa shape index (κ1) is 17.2. The minimum atomic E-state index is -0.870. The molecular formula is C18H23NO4. The van der Waals surface area contributed by atoms with Gasteiger partial charge in [0.25, 0.3) is 0 Å². The number of hydrogen-bond donors (Lipinski definition) is 1. The number of esters is 1. The van der Waals surface area contributed by atoms with Gasteiger partial charge in [0.05, 0.1) is 11.6 Å². The number of carbonyl (C=O) groups is 3. The summed E-state index contributed by atoms with van der Waals surface area (Å²) in [4.78, 5) is 39.3. The summed E-state index contributed by atoms with van der Waals surface area (Å²) in [6.07, 6.45) is 5.43. The van der Waals surface area contributed by atoms with Crippen LogP contribution in [0.2, 0.25) is 0 Å². The summed E-state index contributed by atoms with van der Waals surface area (Å²) < 4.78 is 5.34. The number of carbonyl (C=O) groups excluding carboxylic acids is 3. The molecule has 0 unspecified atom stereocenters. The highest BCUT2D eigenvalue weighted by Gasteiger charge is 2.28. The Morgan fingerprint density at radius 1 is 1.26 bits per heavy atom. The molecule has 0 saturated heterocycles. The van der Waals surface area contributed by atoms with Crippen LogP contribution < -0.4 is 0 Å². The van der Waals surface area contributed by atoms with E-state index < -0.39 is 6.10 Å². The summed E-state index contributed by atoms with van der Waals surface area (Å²) in [5.41, 5.74) is 2.15. The molecule has 1 aliphatic carbocycles. The number of aromatic nitrogens is 1. The molecule has 0 aliphatic heterocycles. The summed E-state index contributed by atoms with van der Waals surface area (Å²) >= 11 is 0. The predicted octanol–water partition coefficient (Wildman–Crippen LogP) is 3.30. The highest BCUT2D eigenvalue weighted by atomic mass is 16.5. The Balaban J connectivity index is 2.11. The van der Waals surface area contributed by atoms with Crippen molar-refractivity contribution in [2.75, 3.05) is 0 Å². The van der Waals surface area contributed by atoms with Gasteiger partial charge in [0.15, 0.2) is 11.9 Å². The molecule has 0 fully saturated rings. The maximum absolute atomic E-state index is 12.5. The van der Waals surface area contributed by atoms with Gasteiger partial charge in [-0.05, 0) is 52.5 Å². The Morgan fingerprint density at radius 2 is 1.96 bits per heavy atom. The van der Waals surface area contributed by atoms with Crippen LogP contribution in [-0.4, -0.2) is 28.6 Å². The second-order valence-corrected chi connectivity index (χ2v) is 6.11. The van der Waals surface area contributed by atoms with E-state index in [0.717, 1.165) is 12.8 Å². The summed E-state index contributed by atoms with van der Waals surface area (Å²) in [6.45, 7) is 6.53. The first-order chi connectivity index (χ1) is 10.8. The number of hydrogen-bond acceptors (Lipinski definition) is 4. The number of H-pyrrole nitrogens is 1. The highest BCUT2D eigenvalue weighted by Crippen LogP contribution is 2.23. The minimum Gasteiger partial charge on any atom is -0.454 e. The largest absolute Gasteiger partial charge is 0.454 e. The second-order valence-electron chi connectivity index (χ2n) is 6.11. The van der Waals surface area contributed by atoms with E-state index in [1.165, 1.54) is 6.92 Å². The average molecular weight is 317 g/mol. The third kappa shape index (κ3) is 3.60. The number of aryl methyl sites for hydroxylation is 1. The SMILES string of the molecule is CC(=O)c1c(C)[nH]c(C(=O)[C@@H](C)OC(=O)[C@@H]2CC=CCC2)c1C. The Hall–Kier alpha value is -2.17. The van der Waals surface area contributed by atoms with E-state index in [9.17, 15) is 14.4 Å². The maximum atomic E-state index is 12.5. The van der Waals surface area contributed by atoms with Gasteiger partial charge in [0.1, 0.15) is 0 Å². The van der Waals surface area contributed by atoms with Crippen LogP contribution in [0.1, 0.15) is 65.2 Å². The highest BCUT2D eigenvalue weighted by molar-refractivity contribution is 6.05. The Morgan fingerprint density at radius 3 is 2.48 bits per heavy atom. The van der Waals surface area contributed by atoms with Crippen molar-refractivity contribution in [1.82, 2.24) is 4.98 Å². The van der Waals surface area contributed by atoms with Crippen molar-refractivity contribution in [3.05, 3.63) is 34.7 Å². The van der Waals surface area contributed by atoms with Gasteiger partial charge in [-0.1, -0.05) is 12.2 Å². The molecule has 1 aromatic heterocycles. The molecular weight excluding hydrogens is 294 g/mol. The van der Waals surface area contributed by atoms with Gasteiger partial charge < -0.3 is 9.72 Å². The molecule has 0 saturated carbocycles. The lowest BCUT2D eigenvalue weighted by Gasteiger charge is -2.19. The van der Waals surface area contributed by atoms with E-state index in [-0.39, 0.29) is 23.5 Å². The Bertz CT molecular complexity index is 669. The van der Waals surface area contributed by atoms with Crippen LogP contribution in [0.3, 0.4) is 0 Å². The monoisotopic (exact) mass is 317 g/mol. The van der Waals surface area contributed by atoms with Gasteiger partial charge >= 0.3 is 5.97 Å². The molecule has 0 spiro atoms. The van der Waals surface area contributed by atoms with Gasteiger partial charge in [-0.25, -0.2) is 0 Å². The maximum Gasteiger partial charge on any atom is 0.309 e. The van der Waals surface area contributed by atoms with Crippen molar-refractivity contribution in [2.24, 2.45) is 5.92 Å². The van der Waals surface area contributed by atoms with Crippen LogP contribution in [0.5, 0.6) is 0 Å². The number of allylic oxidation sites excluding steroid dienone is 2. The van der Waals surface area contributed by atoms with Gasteiger partial charge in [-0.2, -0.15) is 0 Å². The topological polar surface area (TPSA) is 76.2 Å². The summed E-state index contributed by atoms with van der Waals surface area (Å²) in [7, 11) is 0. The van der Waals surface area contributed by atoms with Gasteiger partial charge in [0, 0.05) is 11.3 Å². The third-order valence-corrected chi connectivity index (χ3v) is 4.30. The van der Waals surface area contributed by atoms with E-state index in [2.05, 4.69) is 4.98 Å². The molecule has 23 heavy (non-hydrogen) atoms. The van der Waals surface area contributed by atoms with Crippen LogP contribution in [0.4, 0.5) is 0 Å². The molecule has 5 nitrogen and oxygen atoms in total. The molecule has 2 atom stereocenters. The lowest BCUT2D eigenvalue weighted by molar-refractivity contribution is -0.151. The molecule has 2 rings (SSSR count). The Kier molecular flexibility index (Phi) is 5.19. The van der Waals surface area contributed by atoms with Crippen LogP contribution in [0.15, 0.2) is 12.2 Å². The molecule has 0 radical (unpaired) electrons. The fraction of sp³-hybridized carbons (Fsp3) is 0.500. The van der Waals surface area contributed by atoms with Crippen LogP contribution in [-0.2, 0) is 9.53 Å². The smallest absolute Gasteiger partial charge is 0.309 e. The van der Waals surface area contributed by atoms with E-state index in [1.807, 2.05) is 12.2 Å². The first-order valence-corrected chi connectivity index (χ1v) is 7.92. The first-order valence-electron chi connectivity index (χ1n) is 7.92. The normalized spacial score (nSPS) is 18.5. The van der Waals surface area contributed by atoms with E-state index in [0.29, 0.717) is 28.9 Å². The van der Waals surface area contributed by atoms with Crippen LogP contribution >= 0.6 is 0 Å². The fourth-order valence-electron chi connectivity index (χ4n) is 3.06. The van der Waals surface area contributed by atoms with Crippen LogP contribution in [0, 0.1) is 19.8 Å². The molecule has 1 heterocycles. The Labute approximate surface area is 136 Å². The minimum absolute atomic E-state index is 0.0889. The van der Waals surface area contributed by atoms with Crippen molar-refractivity contribution in [2.45, 2.75) is 53.1 Å². The standard InChI is InChI=1S/C18H23NO4/c1-10-15(12(3)20)11(2)19-16(10)17(21)13(4)23-18(22)14-8-6-5-7-9-14/h5-6,13-14,19H,7-9H2,1-4H3/t13-,14-/m1/s1. The number of rotatable bonds is 5. The number of nitrogens with one attached hydrogen (secondary N) is 1. The van der Waals surface area contributed by atoms with E-state index >= 15 is 0 Å². The molecule has 1 N–H and O–H groups in total. The molecule has 124 valence electrons. The zero-order chi connectivity index (χ0) is 17.1. The van der Waals surface area contributed by atoms with Crippen molar-refractivity contribution < 1.29 is 19.1 Å². The zero-order valence-electron chi connectivity index (χ0n) is 14.1. The van der Waals surface area contributed by atoms with E-state index in [4.69, 9.17) is 4.74 Å². The van der Waals surface area contributed by atoms with Crippen molar-refractivity contribution in [3.63, 3.8) is 0 Å². The van der Waals surface area contributed by atoms with Gasteiger partial charge in [0.2, 0.25) is 5.78 Å². The summed E-state index contributed by atoms with van der Waals surface area (Å²) in [5.74, 6) is -0.899. The number of Topliss-reactive ketones (excluding diaryl/α,β-unsaturated/α-hetero) is 2. The molecule has 1 aliphatic rings. The zero-order valence-corrected chi connectivity index (χ0v) is 14.1. The molecule has 0 bridgehead atoms. The van der Waals surface area contributed by atoms with Crippen molar-refractivity contribution >= 4 is 17.5 Å². The molecule has 5 heteroatoms. The third-order valence-electron chi connectivity index (χ3n) is 4.30. The average Bonchev–Trinajstić information content (AvgIpc) is 2.82. The van der Waals surface area contributed by atoms with Crippen molar-refractivity contribution in [3.8, 4) is 0 Å². The number of aromatic amines is 1. The lowest BCUT2D eigenvalue weighted by atomic mass is 9.94. The summed E-state index contributed by atoms with van der Waals surface area (Å²) in [5, 5.41) is 0.